The Morgan fingerprint density at radius 2 is 2.00 bits per heavy atom. The topological polar surface area (TPSA) is 78.1 Å². The van der Waals surface area contributed by atoms with Gasteiger partial charge in [0, 0.05) is 25.2 Å². The van der Waals surface area contributed by atoms with E-state index in [0.29, 0.717) is 41.5 Å². The van der Waals surface area contributed by atoms with Crippen molar-refractivity contribution in [1.82, 2.24) is 19.8 Å². The van der Waals surface area contributed by atoms with Crippen LogP contribution >= 0.6 is 0 Å². The standard InChI is InChI=1S/C16H28N4O2S/c1-4-5-13-10-15(13)17-14-6-8-20(9-7-14)23(21,22)16-11(2)18-19-12(16)3/h13-15,17H,4-10H2,1-3H3,(H,18,19). The molecule has 2 heterocycles. The molecule has 2 aliphatic rings. The van der Waals surface area contributed by atoms with E-state index in [0.717, 1.165) is 18.8 Å². The van der Waals surface area contributed by atoms with Crippen molar-refractivity contribution in [2.75, 3.05) is 13.1 Å². The van der Waals surface area contributed by atoms with Crippen LogP contribution in [-0.2, 0) is 10.0 Å². The van der Waals surface area contributed by atoms with E-state index in [1.165, 1.54) is 19.3 Å². The van der Waals surface area contributed by atoms with E-state index in [9.17, 15) is 8.42 Å². The van der Waals surface area contributed by atoms with Gasteiger partial charge in [0.1, 0.15) is 4.90 Å². The Kier molecular flexibility index (Phi) is 4.80. The summed E-state index contributed by atoms with van der Waals surface area (Å²) in [6, 6.07) is 1.13. The molecule has 0 spiro atoms. The second kappa shape index (κ2) is 6.53. The lowest BCUT2D eigenvalue weighted by Crippen LogP contribution is -2.45. The first kappa shape index (κ1) is 16.9. The van der Waals surface area contributed by atoms with E-state index in [2.05, 4.69) is 22.4 Å². The Morgan fingerprint density at radius 1 is 1.30 bits per heavy atom. The van der Waals surface area contributed by atoms with Crippen LogP contribution in [0.2, 0.25) is 0 Å². The smallest absolute Gasteiger partial charge is 0.246 e. The van der Waals surface area contributed by atoms with Crippen LogP contribution in [0.15, 0.2) is 4.90 Å². The van der Waals surface area contributed by atoms with E-state index in [1.54, 1.807) is 18.2 Å². The van der Waals surface area contributed by atoms with Crippen molar-refractivity contribution in [3.63, 3.8) is 0 Å². The molecule has 0 amide bonds. The molecule has 1 aliphatic heterocycles. The lowest BCUT2D eigenvalue weighted by atomic mass is 10.1. The summed E-state index contributed by atoms with van der Waals surface area (Å²) in [5.41, 5.74) is 1.19. The molecule has 7 heteroatoms. The number of piperidine rings is 1. The van der Waals surface area contributed by atoms with Crippen LogP contribution in [0.25, 0.3) is 0 Å². The van der Waals surface area contributed by atoms with Crippen LogP contribution in [0, 0.1) is 19.8 Å². The van der Waals surface area contributed by atoms with E-state index in [-0.39, 0.29) is 0 Å². The van der Waals surface area contributed by atoms with Gasteiger partial charge in [-0.1, -0.05) is 13.3 Å². The molecule has 1 aromatic heterocycles. The summed E-state index contributed by atoms with van der Waals surface area (Å²) in [5, 5.41) is 10.5. The van der Waals surface area contributed by atoms with Gasteiger partial charge in [-0.25, -0.2) is 8.42 Å². The number of rotatable bonds is 6. The summed E-state index contributed by atoms with van der Waals surface area (Å²) in [6.45, 7) is 6.93. The van der Waals surface area contributed by atoms with Crippen LogP contribution in [0.4, 0.5) is 0 Å². The molecule has 0 bridgehead atoms. The quantitative estimate of drug-likeness (QED) is 0.830. The molecule has 2 N–H and O–H groups in total. The molecule has 1 saturated carbocycles. The third-order valence-electron chi connectivity index (χ3n) is 5.14. The molecule has 2 unspecified atom stereocenters. The normalized spacial score (nSPS) is 26.6. The maximum absolute atomic E-state index is 12.8. The van der Waals surface area contributed by atoms with Crippen molar-refractivity contribution < 1.29 is 8.42 Å². The first-order chi connectivity index (χ1) is 10.9. The fraction of sp³-hybridized carbons (Fsp3) is 0.812. The first-order valence-electron chi connectivity index (χ1n) is 8.71. The minimum Gasteiger partial charge on any atom is -0.311 e. The Bertz CT molecular complexity index is 628. The minimum atomic E-state index is -3.42. The van der Waals surface area contributed by atoms with Gasteiger partial charge in [-0.05, 0) is 45.4 Å². The van der Waals surface area contributed by atoms with Gasteiger partial charge in [0.2, 0.25) is 10.0 Å². The van der Waals surface area contributed by atoms with Crippen LogP contribution in [0.3, 0.4) is 0 Å². The maximum atomic E-state index is 12.8. The van der Waals surface area contributed by atoms with E-state index >= 15 is 0 Å². The molecule has 3 rings (SSSR count). The Balaban J connectivity index is 1.57. The molecular weight excluding hydrogens is 312 g/mol. The highest BCUT2D eigenvalue weighted by atomic mass is 32.2. The monoisotopic (exact) mass is 340 g/mol. The third kappa shape index (κ3) is 3.46. The number of aromatic amines is 1. The molecule has 2 atom stereocenters. The average molecular weight is 340 g/mol. The largest absolute Gasteiger partial charge is 0.311 e. The van der Waals surface area contributed by atoms with Crippen molar-refractivity contribution in [1.29, 1.82) is 0 Å². The second-order valence-electron chi connectivity index (χ2n) is 7.00. The summed E-state index contributed by atoms with van der Waals surface area (Å²) >= 11 is 0. The number of sulfonamides is 1. The molecule has 130 valence electrons. The van der Waals surface area contributed by atoms with Gasteiger partial charge in [-0.2, -0.15) is 9.40 Å². The third-order valence-corrected chi connectivity index (χ3v) is 7.31. The van der Waals surface area contributed by atoms with Crippen LogP contribution in [-0.4, -0.2) is 48.1 Å². The van der Waals surface area contributed by atoms with E-state index < -0.39 is 10.0 Å². The zero-order valence-corrected chi connectivity index (χ0v) is 15.1. The second-order valence-corrected chi connectivity index (χ2v) is 8.87. The van der Waals surface area contributed by atoms with Gasteiger partial charge in [-0.15, -0.1) is 0 Å². The van der Waals surface area contributed by atoms with Crippen molar-refractivity contribution in [3.05, 3.63) is 11.4 Å². The van der Waals surface area contributed by atoms with Crippen LogP contribution in [0.1, 0.15) is 50.4 Å². The minimum absolute atomic E-state index is 0.356. The summed E-state index contributed by atoms with van der Waals surface area (Å²) in [4.78, 5) is 0.356. The molecule has 0 aromatic carbocycles. The fourth-order valence-electron chi connectivity index (χ4n) is 3.76. The summed E-state index contributed by atoms with van der Waals surface area (Å²) in [7, 11) is -3.42. The molecule has 1 aliphatic carbocycles. The predicted octanol–water partition coefficient (Wildman–Crippen LogP) is 1.96. The Hall–Kier alpha value is -0.920. The Labute approximate surface area is 139 Å². The highest BCUT2D eigenvalue weighted by Gasteiger charge is 2.39. The van der Waals surface area contributed by atoms with Gasteiger partial charge in [-0.3, -0.25) is 5.10 Å². The van der Waals surface area contributed by atoms with Crippen molar-refractivity contribution in [3.8, 4) is 0 Å². The summed E-state index contributed by atoms with van der Waals surface area (Å²) < 4.78 is 27.2. The number of hydrogen-bond acceptors (Lipinski definition) is 4. The van der Waals surface area contributed by atoms with Gasteiger partial charge >= 0.3 is 0 Å². The van der Waals surface area contributed by atoms with E-state index in [1.807, 2.05) is 0 Å². The van der Waals surface area contributed by atoms with Gasteiger partial charge in [0.25, 0.3) is 0 Å². The number of nitrogens with zero attached hydrogens (tertiary/aromatic N) is 2. The Morgan fingerprint density at radius 3 is 2.57 bits per heavy atom. The zero-order valence-electron chi connectivity index (χ0n) is 14.3. The molecule has 1 saturated heterocycles. The zero-order chi connectivity index (χ0) is 16.6. The SMILES string of the molecule is CCCC1CC1NC1CCN(S(=O)(=O)c2c(C)n[nH]c2C)CC1. The highest BCUT2D eigenvalue weighted by molar-refractivity contribution is 7.89. The van der Waals surface area contributed by atoms with Crippen molar-refractivity contribution >= 4 is 10.0 Å². The van der Waals surface area contributed by atoms with Gasteiger partial charge < -0.3 is 5.32 Å². The first-order valence-corrected chi connectivity index (χ1v) is 10.1. The summed E-state index contributed by atoms with van der Waals surface area (Å²) in [6.07, 6.45) is 5.64. The lowest BCUT2D eigenvalue weighted by molar-refractivity contribution is 0.285. The number of nitrogens with one attached hydrogen (secondary N) is 2. The van der Waals surface area contributed by atoms with Gasteiger partial charge in [0.05, 0.1) is 11.4 Å². The molecular formula is C16H28N4O2S. The molecule has 0 radical (unpaired) electrons. The molecule has 1 aromatic rings. The number of hydrogen-bond donors (Lipinski definition) is 2. The highest BCUT2D eigenvalue weighted by Crippen LogP contribution is 2.35. The summed E-state index contributed by atoms with van der Waals surface area (Å²) in [5.74, 6) is 0.845. The molecule has 23 heavy (non-hydrogen) atoms. The lowest BCUT2D eigenvalue weighted by Gasteiger charge is -2.32. The van der Waals surface area contributed by atoms with Crippen molar-refractivity contribution in [2.45, 2.75) is 69.9 Å². The maximum Gasteiger partial charge on any atom is 0.246 e. The van der Waals surface area contributed by atoms with E-state index in [4.69, 9.17) is 0 Å². The molecule has 2 fully saturated rings. The number of aromatic nitrogens is 2. The number of H-pyrrole nitrogens is 1. The predicted molar refractivity (Wildman–Crippen MR) is 89.8 cm³/mol. The van der Waals surface area contributed by atoms with Crippen LogP contribution < -0.4 is 5.32 Å². The average Bonchev–Trinajstić information content (AvgIpc) is 3.13. The molecule has 6 nitrogen and oxygen atoms in total. The number of aryl methyl sites for hydroxylation is 2. The van der Waals surface area contributed by atoms with Crippen molar-refractivity contribution in [2.24, 2.45) is 5.92 Å². The van der Waals surface area contributed by atoms with Gasteiger partial charge in [0.15, 0.2) is 0 Å². The fourth-order valence-corrected chi connectivity index (χ4v) is 5.56. The van der Waals surface area contributed by atoms with Crippen LogP contribution in [0.5, 0.6) is 0 Å².